The molecule has 9 heteroatoms. The molecule has 154 valence electrons. The maximum absolute atomic E-state index is 12.6. The zero-order valence-corrected chi connectivity index (χ0v) is 16.5. The smallest absolute Gasteiger partial charge is 0.322 e. The highest BCUT2D eigenvalue weighted by atomic mass is 16.5. The summed E-state index contributed by atoms with van der Waals surface area (Å²) in [6.07, 6.45) is 0.261. The molecule has 2 heterocycles. The molecule has 9 nitrogen and oxygen atoms in total. The fourth-order valence-corrected chi connectivity index (χ4v) is 3.29. The van der Waals surface area contributed by atoms with Gasteiger partial charge in [-0.25, -0.2) is 0 Å². The van der Waals surface area contributed by atoms with Gasteiger partial charge in [0.2, 0.25) is 11.8 Å². The molecule has 1 aliphatic heterocycles. The van der Waals surface area contributed by atoms with Crippen LogP contribution in [0.4, 0.5) is 11.7 Å². The second kappa shape index (κ2) is 8.24. The monoisotopic (exact) mass is 408 g/mol. The quantitative estimate of drug-likeness (QED) is 0.668. The minimum Gasteiger partial charge on any atom is -0.497 e. The average Bonchev–Trinajstić information content (AvgIpc) is 3.40. The van der Waals surface area contributed by atoms with E-state index < -0.39 is 5.91 Å². The van der Waals surface area contributed by atoms with Crippen molar-refractivity contribution < 1.29 is 23.5 Å². The first-order chi connectivity index (χ1) is 14.6. The highest BCUT2D eigenvalue weighted by Crippen LogP contribution is 2.31. The summed E-state index contributed by atoms with van der Waals surface area (Å²) < 4.78 is 16.0. The molecule has 1 aromatic heterocycles. The number of amides is 2. The Bertz CT molecular complexity index is 1040. The average molecular weight is 408 g/mol. The molecule has 4 rings (SSSR count). The van der Waals surface area contributed by atoms with E-state index in [2.05, 4.69) is 15.5 Å². The Morgan fingerprint density at radius 3 is 2.47 bits per heavy atom. The van der Waals surface area contributed by atoms with Crippen LogP contribution in [0.5, 0.6) is 11.5 Å². The molecule has 3 aromatic rings. The largest absolute Gasteiger partial charge is 0.497 e. The first kappa shape index (κ1) is 19.4. The molecule has 1 atom stereocenters. The molecule has 30 heavy (non-hydrogen) atoms. The minimum absolute atomic E-state index is 0.0153. The van der Waals surface area contributed by atoms with Crippen LogP contribution in [0.25, 0.3) is 0 Å². The van der Waals surface area contributed by atoms with Crippen molar-refractivity contribution in [3.8, 4) is 11.5 Å². The number of anilines is 2. The fraction of sp³-hybridized carbons (Fsp3) is 0.238. The van der Waals surface area contributed by atoms with Crippen molar-refractivity contribution in [1.82, 2.24) is 10.2 Å². The Labute approximate surface area is 172 Å². The summed E-state index contributed by atoms with van der Waals surface area (Å²) in [4.78, 5) is 26.6. The molecule has 1 aliphatic rings. The number of rotatable bonds is 6. The molecule has 1 N–H and O–H groups in total. The number of aromatic nitrogens is 2. The van der Waals surface area contributed by atoms with Crippen LogP contribution < -0.4 is 19.7 Å². The van der Waals surface area contributed by atoms with E-state index in [1.165, 1.54) is 14.2 Å². The Balaban J connectivity index is 1.46. The summed E-state index contributed by atoms with van der Waals surface area (Å²) in [6, 6.07) is 14.2. The van der Waals surface area contributed by atoms with E-state index in [1.54, 1.807) is 23.1 Å². The normalized spacial score (nSPS) is 15.9. The minimum atomic E-state index is -0.448. The van der Waals surface area contributed by atoms with E-state index in [0.717, 1.165) is 5.69 Å². The lowest BCUT2D eigenvalue weighted by molar-refractivity contribution is -0.117. The van der Waals surface area contributed by atoms with E-state index in [-0.39, 0.29) is 24.3 Å². The predicted molar refractivity (Wildman–Crippen MR) is 108 cm³/mol. The zero-order chi connectivity index (χ0) is 21.1. The number of carbonyl (C=O) groups excluding carboxylic acids is 2. The number of ether oxygens (including phenoxy) is 2. The fourth-order valence-electron chi connectivity index (χ4n) is 3.29. The highest BCUT2D eigenvalue weighted by molar-refractivity contribution is 6.03. The molecule has 0 aliphatic carbocycles. The van der Waals surface area contributed by atoms with Gasteiger partial charge in [0.25, 0.3) is 5.91 Å². The summed E-state index contributed by atoms with van der Waals surface area (Å²) >= 11 is 0. The van der Waals surface area contributed by atoms with Crippen LogP contribution >= 0.6 is 0 Å². The summed E-state index contributed by atoms with van der Waals surface area (Å²) in [6.45, 7) is 0.436. The van der Waals surface area contributed by atoms with Crippen molar-refractivity contribution in [3.05, 3.63) is 60.0 Å². The van der Waals surface area contributed by atoms with Gasteiger partial charge in [-0.1, -0.05) is 23.3 Å². The molecule has 2 aromatic carbocycles. The van der Waals surface area contributed by atoms with Gasteiger partial charge in [-0.15, -0.1) is 5.10 Å². The van der Waals surface area contributed by atoms with Crippen molar-refractivity contribution in [3.63, 3.8) is 0 Å². The lowest BCUT2D eigenvalue weighted by Gasteiger charge is -2.15. The van der Waals surface area contributed by atoms with Gasteiger partial charge < -0.3 is 18.8 Å². The number of methoxy groups -OCH3 is 2. The van der Waals surface area contributed by atoms with E-state index >= 15 is 0 Å². The highest BCUT2D eigenvalue weighted by Gasteiger charge is 2.35. The number of hydrogen-bond donors (Lipinski definition) is 1. The predicted octanol–water partition coefficient (Wildman–Crippen LogP) is 2.86. The van der Waals surface area contributed by atoms with Crippen LogP contribution in [-0.2, 0) is 4.79 Å². The van der Waals surface area contributed by atoms with Gasteiger partial charge in [-0.2, -0.15) is 0 Å². The van der Waals surface area contributed by atoms with Crippen molar-refractivity contribution in [1.29, 1.82) is 0 Å². The topological polar surface area (TPSA) is 107 Å². The summed E-state index contributed by atoms with van der Waals surface area (Å²) in [5.74, 6) is 0.565. The van der Waals surface area contributed by atoms with Crippen molar-refractivity contribution >= 4 is 23.5 Å². The van der Waals surface area contributed by atoms with Crippen LogP contribution in [0.15, 0.2) is 52.9 Å². The molecule has 0 radical (unpaired) electrons. The van der Waals surface area contributed by atoms with Gasteiger partial charge in [0.05, 0.1) is 20.1 Å². The lowest BCUT2D eigenvalue weighted by Crippen LogP contribution is -2.24. The van der Waals surface area contributed by atoms with Crippen molar-refractivity contribution in [2.75, 3.05) is 31.0 Å². The summed E-state index contributed by atoms with van der Waals surface area (Å²) in [7, 11) is 3.00. The van der Waals surface area contributed by atoms with Crippen LogP contribution in [-0.4, -0.2) is 42.8 Å². The van der Waals surface area contributed by atoms with E-state index in [0.29, 0.717) is 29.5 Å². The Hall–Kier alpha value is -3.88. The standard InChI is InChI=1S/C21H20N4O5/c1-28-16-8-13(9-17(11-16)29-2)19(27)22-21-24-23-20(30-21)14-10-18(26)25(12-14)15-6-4-3-5-7-15/h3-9,11,14H,10,12H2,1-2H3,(H,22,24,27)/t14-/m0/s1. The van der Waals surface area contributed by atoms with Crippen LogP contribution in [0, 0.1) is 0 Å². The summed E-state index contributed by atoms with van der Waals surface area (Å²) in [5.41, 5.74) is 1.14. The molecule has 0 unspecified atom stereocenters. The second-order valence-electron chi connectivity index (χ2n) is 6.74. The van der Waals surface area contributed by atoms with Crippen LogP contribution in [0.2, 0.25) is 0 Å². The molecule has 0 spiro atoms. The van der Waals surface area contributed by atoms with E-state index in [4.69, 9.17) is 13.9 Å². The molecule has 1 saturated heterocycles. The van der Waals surface area contributed by atoms with Crippen LogP contribution in [0.3, 0.4) is 0 Å². The third-order valence-electron chi connectivity index (χ3n) is 4.82. The first-order valence-electron chi connectivity index (χ1n) is 9.30. The second-order valence-corrected chi connectivity index (χ2v) is 6.74. The van der Waals surface area contributed by atoms with Gasteiger partial charge in [0.1, 0.15) is 11.5 Å². The summed E-state index contributed by atoms with van der Waals surface area (Å²) in [5, 5.41) is 10.5. The Kier molecular flexibility index (Phi) is 5.34. The van der Waals surface area contributed by atoms with Gasteiger partial charge in [-0.05, 0) is 24.3 Å². The maximum atomic E-state index is 12.6. The van der Waals surface area contributed by atoms with Crippen molar-refractivity contribution in [2.45, 2.75) is 12.3 Å². The van der Waals surface area contributed by atoms with Gasteiger partial charge >= 0.3 is 6.01 Å². The first-order valence-corrected chi connectivity index (χ1v) is 9.30. The van der Waals surface area contributed by atoms with E-state index in [9.17, 15) is 9.59 Å². The molecule has 1 fully saturated rings. The number of nitrogens with zero attached hydrogens (tertiary/aromatic N) is 3. The number of hydrogen-bond acceptors (Lipinski definition) is 7. The number of carbonyl (C=O) groups is 2. The van der Waals surface area contributed by atoms with Gasteiger partial charge in [0, 0.05) is 30.3 Å². The van der Waals surface area contributed by atoms with E-state index in [1.807, 2.05) is 30.3 Å². The number of nitrogens with one attached hydrogen (secondary N) is 1. The third-order valence-corrected chi connectivity index (χ3v) is 4.82. The molecular weight excluding hydrogens is 388 g/mol. The molecule has 0 saturated carbocycles. The zero-order valence-electron chi connectivity index (χ0n) is 16.5. The third kappa shape index (κ3) is 3.95. The molecule has 0 bridgehead atoms. The number of para-hydroxylation sites is 1. The lowest BCUT2D eigenvalue weighted by atomic mass is 10.1. The van der Waals surface area contributed by atoms with Crippen LogP contribution in [0.1, 0.15) is 28.6 Å². The number of benzene rings is 2. The molecule has 2 amide bonds. The Morgan fingerprint density at radius 1 is 1.10 bits per heavy atom. The molecular formula is C21H20N4O5. The van der Waals surface area contributed by atoms with Gasteiger partial charge in [0.15, 0.2) is 0 Å². The van der Waals surface area contributed by atoms with Crippen molar-refractivity contribution in [2.24, 2.45) is 0 Å². The van der Waals surface area contributed by atoms with Gasteiger partial charge in [-0.3, -0.25) is 14.9 Å². The maximum Gasteiger partial charge on any atom is 0.322 e. The Morgan fingerprint density at radius 2 is 1.80 bits per heavy atom. The SMILES string of the molecule is COc1cc(OC)cc(C(=O)Nc2nnc([C@H]3CC(=O)N(c4ccccc4)C3)o2)c1.